The zero-order chi connectivity index (χ0) is 14.5. The third-order valence-electron chi connectivity index (χ3n) is 3.21. The van der Waals surface area contributed by atoms with Gasteiger partial charge < -0.3 is 15.5 Å². The lowest BCUT2D eigenvalue weighted by Gasteiger charge is -2.13. The third kappa shape index (κ3) is 5.06. The van der Waals surface area contributed by atoms with Crippen LogP contribution < -0.4 is 11.1 Å². The lowest BCUT2D eigenvalue weighted by atomic mass is 10.0. The smallest absolute Gasteiger partial charge is 0.236 e. The van der Waals surface area contributed by atoms with Gasteiger partial charge in [-0.25, -0.2) is 0 Å². The highest BCUT2D eigenvalue weighted by atomic mass is 35.5. The number of rotatable bonds is 6. The number of carbonyl (C=O) groups excluding carboxylic acids is 1. The molecule has 2 aromatic rings. The van der Waals surface area contributed by atoms with E-state index in [-0.39, 0.29) is 18.3 Å². The maximum absolute atomic E-state index is 11.8. The topological polar surface area (TPSA) is 68.3 Å². The van der Waals surface area contributed by atoms with Gasteiger partial charge in [0.2, 0.25) is 5.91 Å². The van der Waals surface area contributed by atoms with Gasteiger partial charge in [-0.3, -0.25) is 4.79 Å². The van der Waals surface area contributed by atoms with E-state index in [0.29, 0.717) is 25.3 Å². The summed E-state index contributed by atoms with van der Waals surface area (Å²) in [7, 11) is 0. The SMILES string of the molecule is CC(C)C[C@H](N)C(=O)NCCc1cc2ccccc2o1.Cl. The van der Waals surface area contributed by atoms with E-state index in [2.05, 4.69) is 19.2 Å². The molecule has 0 fully saturated rings. The molecule has 4 nitrogen and oxygen atoms in total. The molecule has 0 aliphatic rings. The van der Waals surface area contributed by atoms with Crippen molar-refractivity contribution in [1.82, 2.24) is 5.32 Å². The van der Waals surface area contributed by atoms with E-state index in [9.17, 15) is 4.79 Å². The molecule has 5 heteroatoms. The Hall–Kier alpha value is -1.52. The molecule has 1 amide bonds. The predicted octanol–water partition coefficient (Wildman–Crippen LogP) is 2.89. The van der Waals surface area contributed by atoms with Crippen LogP contribution in [0.25, 0.3) is 11.0 Å². The molecule has 1 aromatic heterocycles. The van der Waals surface area contributed by atoms with Crippen LogP contribution in [-0.4, -0.2) is 18.5 Å². The molecular weight excluding hydrogens is 288 g/mol. The second-order valence-electron chi connectivity index (χ2n) is 5.53. The Morgan fingerprint density at radius 1 is 1.33 bits per heavy atom. The van der Waals surface area contributed by atoms with Crippen molar-refractivity contribution in [2.24, 2.45) is 11.7 Å². The second kappa shape index (κ2) is 8.05. The Kier molecular flexibility index (Phi) is 6.72. The molecule has 0 radical (unpaired) electrons. The zero-order valence-electron chi connectivity index (χ0n) is 12.5. The van der Waals surface area contributed by atoms with Crippen molar-refractivity contribution < 1.29 is 9.21 Å². The van der Waals surface area contributed by atoms with Crippen LogP contribution in [0, 0.1) is 5.92 Å². The summed E-state index contributed by atoms with van der Waals surface area (Å²) < 4.78 is 5.69. The summed E-state index contributed by atoms with van der Waals surface area (Å²) in [5.74, 6) is 1.21. The van der Waals surface area contributed by atoms with E-state index in [1.807, 2.05) is 30.3 Å². The molecule has 0 saturated heterocycles. The van der Waals surface area contributed by atoms with Crippen LogP contribution in [0.3, 0.4) is 0 Å². The molecule has 1 atom stereocenters. The van der Waals surface area contributed by atoms with E-state index in [4.69, 9.17) is 10.2 Å². The molecule has 0 aliphatic carbocycles. The summed E-state index contributed by atoms with van der Waals surface area (Å²) in [4.78, 5) is 11.8. The first-order chi connectivity index (χ1) is 9.56. The van der Waals surface area contributed by atoms with E-state index < -0.39 is 6.04 Å². The molecule has 3 N–H and O–H groups in total. The van der Waals surface area contributed by atoms with Crippen LogP contribution in [-0.2, 0) is 11.2 Å². The molecule has 116 valence electrons. The van der Waals surface area contributed by atoms with Crippen LogP contribution in [0.1, 0.15) is 26.0 Å². The Bertz CT molecular complexity index is 547. The molecule has 0 saturated carbocycles. The highest BCUT2D eigenvalue weighted by Gasteiger charge is 2.14. The van der Waals surface area contributed by atoms with E-state index >= 15 is 0 Å². The highest BCUT2D eigenvalue weighted by Crippen LogP contribution is 2.18. The first kappa shape index (κ1) is 17.5. The van der Waals surface area contributed by atoms with Gasteiger partial charge in [0.1, 0.15) is 11.3 Å². The fourth-order valence-corrected chi connectivity index (χ4v) is 2.21. The number of halogens is 1. The van der Waals surface area contributed by atoms with Gasteiger partial charge in [0, 0.05) is 18.4 Å². The van der Waals surface area contributed by atoms with Crippen molar-refractivity contribution in [3.63, 3.8) is 0 Å². The van der Waals surface area contributed by atoms with Crippen LogP contribution in [0.15, 0.2) is 34.7 Å². The molecule has 0 spiro atoms. The Morgan fingerprint density at radius 2 is 2.05 bits per heavy atom. The summed E-state index contributed by atoms with van der Waals surface area (Å²) in [5, 5.41) is 3.94. The maximum Gasteiger partial charge on any atom is 0.236 e. The number of hydrogen-bond donors (Lipinski definition) is 2. The van der Waals surface area contributed by atoms with Gasteiger partial charge in [-0.1, -0.05) is 32.0 Å². The average molecular weight is 311 g/mol. The standard InChI is InChI=1S/C16H22N2O2.ClH/c1-11(2)9-14(17)16(19)18-8-7-13-10-12-5-3-4-6-15(12)20-13;/h3-6,10-11,14H,7-9,17H2,1-2H3,(H,18,19);1H/t14-;/m0./s1. The lowest BCUT2D eigenvalue weighted by Crippen LogP contribution is -2.42. The van der Waals surface area contributed by atoms with Gasteiger partial charge in [-0.15, -0.1) is 12.4 Å². The van der Waals surface area contributed by atoms with Crippen LogP contribution in [0.5, 0.6) is 0 Å². The quantitative estimate of drug-likeness (QED) is 0.862. The number of fused-ring (bicyclic) bond motifs is 1. The Labute approximate surface area is 131 Å². The fraction of sp³-hybridized carbons (Fsp3) is 0.438. The van der Waals surface area contributed by atoms with E-state index in [1.54, 1.807) is 0 Å². The van der Waals surface area contributed by atoms with E-state index in [1.165, 1.54) is 0 Å². The molecule has 21 heavy (non-hydrogen) atoms. The molecule has 0 unspecified atom stereocenters. The summed E-state index contributed by atoms with van der Waals surface area (Å²) in [6.07, 6.45) is 1.38. The van der Waals surface area contributed by atoms with Crippen molar-refractivity contribution in [3.8, 4) is 0 Å². The number of nitrogens with two attached hydrogens (primary N) is 1. The fourth-order valence-electron chi connectivity index (χ4n) is 2.21. The molecule has 2 rings (SSSR count). The number of furan rings is 1. The average Bonchev–Trinajstić information content (AvgIpc) is 2.80. The maximum atomic E-state index is 11.8. The normalized spacial score (nSPS) is 12.2. The van der Waals surface area contributed by atoms with E-state index in [0.717, 1.165) is 16.7 Å². The summed E-state index contributed by atoms with van der Waals surface area (Å²) in [6, 6.07) is 9.47. The van der Waals surface area contributed by atoms with Gasteiger partial charge >= 0.3 is 0 Å². The first-order valence-electron chi connectivity index (χ1n) is 7.07. The van der Waals surface area contributed by atoms with Crippen molar-refractivity contribution in [3.05, 3.63) is 36.1 Å². The number of amides is 1. The van der Waals surface area contributed by atoms with Gasteiger partial charge in [0.25, 0.3) is 0 Å². The van der Waals surface area contributed by atoms with Crippen molar-refractivity contribution in [2.45, 2.75) is 32.7 Å². The van der Waals surface area contributed by atoms with Gasteiger partial charge in [0.05, 0.1) is 6.04 Å². The molecule has 0 aliphatic heterocycles. The minimum absolute atomic E-state index is 0. The van der Waals surface area contributed by atoms with Crippen molar-refractivity contribution in [1.29, 1.82) is 0 Å². The molecular formula is C16H23ClN2O2. The molecule has 1 aromatic carbocycles. The zero-order valence-corrected chi connectivity index (χ0v) is 13.3. The second-order valence-corrected chi connectivity index (χ2v) is 5.53. The van der Waals surface area contributed by atoms with Crippen molar-refractivity contribution in [2.75, 3.05) is 6.54 Å². The number of nitrogens with one attached hydrogen (secondary N) is 1. The first-order valence-corrected chi connectivity index (χ1v) is 7.07. The molecule has 0 bridgehead atoms. The van der Waals surface area contributed by atoms with Crippen molar-refractivity contribution >= 4 is 29.3 Å². The summed E-state index contributed by atoms with van der Waals surface area (Å²) >= 11 is 0. The summed E-state index contributed by atoms with van der Waals surface area (Å²) in [6.45, 7) is 4.66. The van der Waals surface area contributed by atoms with Gasteiger partial charge in [-0.05, 0) is 24.5 Å². The number of hydrogen-bond acceptors (Lipinski definition) is 3. The number of para-hydroxylation sites is 1. The number of carbonyl (C=O) groups is 1. The van der Waals surface area contributed by atoms with Gasteiger partial charge in [0.15, 0.2) is 0 Å². The third-order valence-corrected chi connectivity index (χ3v) is 3.21. The van der Waals surface area contributed by atoms with Crippen LogP contribution in [0.2, 0.25) is 0 Å². The highest BCUT2D eigenvalue weighted by molar-refractivity contribution is 5.85. The summed E-state index contributed by atoms with van der Waals surface area (Å²) in [5.41, 5.74) is 6.70. The monoisotopic (exact) mass is 310 g/mol. The Morgan fingerprint density at radius 3 is 2.71 bits per heavy atom. The van der Waals surface area contributed by atoms with Crippen LogP contribution >= 0.6 is 12.4 Å². The number of benzene rings is 1. The predicted molar refractivity (Wildman–Crippen MR) is 87.6 cm³/mol. The minimum Gasteiger partial charge on any atom is -0.461 e. The lowest BCUT2D eigenvalue weighted by molar-refractivity contribution is -0.122. The van der Waals surface area contributed by atoms with Gasteiger partial charge in [-0.2, -0.15) is 0 Å². The minimum atomic E-state index is -0.425. The molecule has 1 heterocycles. The van der Waals surface area contributed by atoms with Crippen LogP contribution in [0.4, 0.5) is 0 Å². The largest absolute Gasteiger partial charge is 0.461 e. The Balaban J connectivity index is 0.00000220.